The van der Waals surface area contributed by atoms with Gasteiger partial charge in [0.25, 0.3) is 5.56 Å². The first-order valence-electron chi connectivity index (χ1n) is 9.15. The second kappa shape index (κ2) is 6.37. The van der Waals surface area contributed by atoms with Crippen LogP contribution < -0.4 is 5.56 Å². The van der Waals surface area contributed by atoms with Crippen LogP contribution in [0.15, 0.2) is 29.3 Å². The molecule has 1 fully saturated rings. The highest BCUT2D eigenvalue weighted by Crippen LogP contribution is 2.29. The van der Waals surface area contributed by atoms with E-state index in [0.717, 1.165) is 29.4 Å². The van der Waals surface area contributed by atoms with E-state index >= 15 is 0 Å². The Labute approximate surface area is 156 Å². The number of carbonyl (C=O) groups excluding carboxylic acids is 1. The number of carbonyl (C=O) groups is 1. The predicted octanol–water partition coefficient (Wildman–Crippen LogP) is 2.69. The minimum atomic E-state index is -0.504. The van der Waals surface area contributed by atoms with Crippen LogP contribution >= 0.6 is 0 Å². The van der Waals surface area contributed by atoms with E-state index < -0.39 is 5.60 Å². The van der Waals surface area contributed by atoms with E-state index in [2.05, 4.69) is 15.1 Å². The minimum absolute atomic E-state index is 0.148. The third-order valence-electron chi connectivity index (χ3n) is 4.80. The fraction of sp³-hybridized carbons (Fsp3) is 0.474. The summed E-state index contributed by atoms with van der Waals surface area (Å²) >= 11 is 0. The molecule has 1 N–H and O–H groups in total. The molecule has 1 aliphatic heterocycles. The Morgan fingerprint density at radius 1 is 1.30 bits per heavy atom. The van der Waals surface area contributed by atoms with Gasteiger partial charge in [0.15, 0.2) is 0 Å². The molecule has 27 heavy (non-hydrogen) atoms. The maximum absolute atomic E-state index is 12.3. The molecule has 1 saturated heterocycles. The highest BCUT2D eigenvalue weighted by atomic mass is 16.6. The number of rotatable bonds is 1. The topological polar surface area (TPSA) is 92.6 Å². The summed E-state index contributed by atoms with van der Waals surface area (Å²) in [5.41, 5.74) is 1.64. The number of ether oxygens (including phenoxy) is 1. The van der Waals surface area contributed by atoms with Gasteiger partial charge in [-0.3, -0.25) is 9.78 Å². The highest BCUT2D eigenvalue weighted by molar-refractivity contribution is 5.91. The van der Waals surface area contributed by atoms with Crippen LogP contribution in [0.1, 0.15) is 45.2 Å². The van der Waals surface area contributed by atoms with E-state index in [1.807, 2.05) is 31.4 Å². The monoisotopic (exact) mass is 369 g/mol. The molecule has 4 rings (SSSR count). The van der Waals surface area contributed by atoms with Crippen molar-refractivity contribution in [1.82, 2.24) is 24.5 Å². The molecule has 3 aromatic heterocycles. The normalized spacial score (nSPS) is 16.2. The molecule has 0 atom stereocenters. The first-order chi connectivity index (χ1) is 12.8. The Morgan fingerprint density at radius 2 is 2.04 bits per heavy atom. The number of fused-ring (bicyclic) bond motifs is 3. The quantitative estimate of drug-likeness (QED) is 0.712. The van der Waals surface area contributed by atoms with Crippen LogP contribution in [0.5, 0.6) is 0 Å². The highest BCUT2D eigenvalue weighted by Gasteiger charge is 2.29. The number of aromatic amines is 1. The number of pyridine rings is 1. The maximum Gasteiger partial charge on any atom is 0.410 e. The largest absolute Gasteiger partial charge is 0.444 e. The van der Waals surface area contributed by atoms with E-state index in [1.54, 1.807) is 23.4 Å². The summed E-state index contributed by atoms with van der Waals surface area (Å²) in [7, 11) is 0. The van der Waals surface area contributed by atoms with Crippen LogP contribution in [-0.4, -0.2) is 49.3 Å². The molecule has 8 heteroatoms. The van der Waals surface area contributed by atoms with E-state index in [1.165, 1.54) is 0 Å². The summed E-state index contributed by atoms with van der Waals surface area (Å²) in [6.45, 7) is 6.78. The lowest BCUT2D eigenvalue weighted by molar-refractivity contribution is 0.0203. The van der Waals surface area contributed by atoms with Gasteiger partial charge in [-0.25, -0.2) is 9.31 Å². The van der Waals surface area contributed by atoms with Gasteiger partial charge in [0.1, 0.15) is 16.8 Å². The third kappa shape index (κ3) is 3.39. The summed E-state index contributed by atoms with van der Waals surface area (Å²) in [5, 5.41) is 5.48. The molecule has 0 bridgehead atoms. The molecule has 0 unspecified atom stereocenters. The SMILES string of the molecule is CC(C)(C)OC(=O)N1CCC(c2cc(=O)[nH]c3c4ccncc4nn23)CC1. The molecule has 0 radical (unpaired) electrons. The number of aromatic nitrogens is 4. The maximum atomic E-state index is 12.3. The van der Waals surface area contributed by atoms with Crippen LogP contribution in [0.2, 0.25) is 0 Å². The van der Waals surface area contributed by atoms with Gasteiger partial charge in [0, 0.05) is 36.7 Å². The van der Waals surface area contributed by atoms with Crippen LogP contribution in [-0.2, 0) is 4.74 Å². The lowest BCUT2D eigenvalue weighted by Crippen LogP contribution is -2.41. The molecule has 1 aliphatic rings. The first kappa shape index (κ1) is 17.5. The summed E-state index contributed by atoms with van der Waals surface area (Å²) in [6.07, 6.45) is 4.61. The van der Waals surface area contributed by atoms with Gasteiger partial charge in [-0.2, -0.15) is 5.10 Å². The molecule has 1 amide bonds. The number of nitrogens with zero attached hydrogens (tertiary/aromatic N) is 4. The summed E-state index contributed by atoms with van der Waals surface area (Å²) in [4.78, 5) is 33.2. The van der Waals surface area contributed by atoms with E-state index in [4.69, 9.17) is 4.74 Å². The van der Waals surface area contributed by atoms with Crippen molar-refractivity contribution in [3.63, 3.8) is 0 Å². The smallest absolute Gasteiger partial charge is 0.410 e. The van der Waals surface area contributed by atoms with Crippen molar-refractivity contribution in [2.45, 2.75) is 45.1 Å². The molecule has 0 spiro atoms. The summed E-state index contributed by atoms with van der Waals surface area (Å²) in [6, 6.07) is 3.46. The molecule has 4 heterocycles. The Hall–Kier alpha value is -2.90. The number of piperidine rings is 1. The zero-order valence-corrected chi connectivity index (χ0v) is 15.7. The Bertz CT molecular complexity index is 1050. The predicted molar refractivity (Wildman–Crippen MR) is 101 cm³/mol. The van der Waals surface area contributed by atoms with Gasteiger partial charge in [0.05, 0.1) is 11.9 Å². The third-order valence-corrected chi connectivity index (χ3v) is 4.80. The molecular weight excluding hydrogens is 346 g/mol. The summed E-state index contributed by atoms with van der Waals surface area (Å²) in [5.74, 6) is 0.149. The number of amides is 1. The zero-order valence-electron chi connectivity index (χ0n) is 15.7. The van der Waals surface area contributed by atoms with Gasteiger partial charge in [-0.15, -0.1) is 0 Å². The molecule has 142 valence electrons. The van der Waals surface area contributed by atoms with Crippen molar-refractivity contribution in [3.05, 3.63) is 40.6 Å². The Morgan fingerprint density at radius 3 is 2.74 bits per heavy atom. The van der Waals surface area contributed by atoms with Gasteiger partial charge in [0.2, 0.25) is 0 Å². The van der Waals surface area contributed by atoms with Crippen molar-refractivity contribution < 1.29 is 9.53 Å². The Kier molecular flexibility index (Phi) is 4.13. The van der Waals surface area contributed by atoms with Crippen molar-refractivity contribution in [1.29, 1.82) is 0 Å². The molecule has 8 nitrogen and oxygen atoms in total. The van der Waals surface area contributed by atoms with E-state index in [0.29, 0.717) is 18.7 Å². The minimum Gasteiger partial charge on any atom is -0.444 e. The zero-order chi connectivity index (χ0) is 19.2. The second-order valence-corrected chi connectivity index (χ2v) is 7.95. The molecule has 0 aliphatic carbocycles. The second-order valence-electron chi connectivity index (χ2n) is 7.95. The number of hydrogen-bond acceptors (Lipinski definition) is 5. The molecule has 3 aromatic rings. The average molecular weight is 369 g/mol. The summed E-state index contributed by atoms with van der Waals surface area (Å²) < 4.78 is 7.26. The lowest BCUT2D eigenvalue weighted by Gasteiger charge is -2.33. The van der Waals surface area contributed by atoms with E-state index in [-0.39, 0.29) is 17.6 Å². The number of nitrogens with one attached hydrogen (secondary N) is 1. The number of likely N-dealkylation sites (tertiary alicyclic amines) is 1. The fourth-order valence-corrected chi connectivity index (χ4v) is 3.57. The van der Waals surface area contributed by atoms with Crippen LogP contribution in [0.3, 0.4) is 0 Å². The standard InChI is InChI=1S/C19H23N5O3/c1-19(2,3)27-18(26)23-8-5-12(6-9-23)15-10-16(25)21-17-13-4-7-20-11-14(13)22-24(15)17/h4,7,10-12H,5-6,8-9H2,1-3H3,(H,21,25). The lowest BCUT2D eigenvalue weighted by atomic mass is 9.93. The van der Waals surface area contributed by atoms with Crippen LogP contribution in [0.4, 0.5) is 4.79 Å². The van der Waals surface area contributed by atoms with Crippen molar-refractivity contribution >= 4 is 22.6 Å². The fourth-order valence-electron chi connectivity index (χ4n) is 3.57. The van der Waals surface area contributed by atoms with Crippen molar-refractivity contribution in [3.8, 4) is 0 Å². The van der Waals surface area contributed by atoms with Gasteiger partial charge < -0.3 is 14.6 Å². The van der Waals surface area contributed by atoms with Crippen molar-refractivity contribution in [2.24, 2.45) is 0 Å². The van der Waals surface area contributed by atoms with Crippen LogP contribution in [0, 0.1) is 0 Å². The molecular formula is C19H23N5O3. The first-order valence-corrected chi connectivity index (χ1v) is 9.15. The van der Waals surface area contributed by atoms with Crippen molar-refractivity contribution in [2.75, 3.05) is 13.1 Å². The van der Waals surface area contributed by atoms with E-state index in [9.17, 15) is 9.59 Å². The average Bonchev–Trinajstić information content (AvgIpc) is 2.98. The Balaban J connectivity index is 1.61. The van der Waals surface area contributed by atoms with Gasteiger partial charge >= 0.3 is 6.09 Å². The van der Waals surface area contributed by atoms with Gasteiger partial charge in [-0.05, 0) is 39.7 Å². The molecule has 0 aromatic carbocycles. The van der Waals surface area contributed by atoms with Crippen LogP contribution in [0.25, 0.3) is 16.6 Å². The number of hydrogen-bond donors (Lipinski definition) is 1. The number of H-pyrrole nitrogens is 1. The van der Waals surface area contributed by atoms with Gasteiger partial charge in [-0.1, -0.05) is 0 Å². The molecule has 0 saturated carbocycles.